The molecule has 0 radical (unpaired) electrons. The fourth-order valence-corrected chi connectivity index (χ4v) is 1.47. The lowest BCUT2D eigenvalue weighted by Gasteiger charge is -2.05. The summed E-state index contributed by atoms with van der Waals surface area (Å²) in [5, 5.41) is 18.6. The highest BCUT2D eigenvalue weighted by Crippen LogP contribution is 2.24. The maximum atomic E-state index is 11.3. The van der Waals surface area contributed by atoms with E-state index in [2.05, 4.69) is 0 Å². The van der Waals surface area contributed by atoms with Crippen molar-refractivity contribution in [1.29, 1.82) is 0 Å². The van der Waals surface area contributed by atoms with E-state index >= 15 is 0 Å². The number of nitrogens with one attached hydrogen (secondary N) is 1. The number of rotatable bonds is 1. The molecule has 0 saturated heterocycles. The molecule has 15 heavy (non-hydrogen) atoms. The first-order valence-electron chi connectivity index (χ1n) is 4.30. The van der Waals surface area contributed by atoms with E-state index in [-0.39, 0.29) is 17.0 Å². The summed E-state index contributed by atoms with van der Waals surface area (Å²) in [4.78, 5) is 11.3. The van der Waals surface area contributed by atoms with E-state index in [4.69, 9.17) is 9.62 Å². The number of benzene rings is 1. The molecule has 0 aliphatic heterocycles. The average Bonchev–Trinajstić information content (AvgIpc) is 2.17. The van der Waals surface area contributed by atoms with Gasteiger partial charge >= 0.3 is 5.63 Å². The van der Waals surface area contributed by atoms with Gasteiger partial charge in [-0.25, -0.2) is 4.79 Å². The number of aryl methyl sites for hydroxylation is 1. The Morgan fingerprint density at radius 3 is 2.80 bits per heavy atom. The molecule has 0 unspecified atom stereocenters. The molecule has 0 atom stereocenters. The fourth-order valence-electron chi connectivity index (χ4n) is 1.47. The molecule has 0 aliphatic rings. The summed E-state index contributed by atoms with van der Waals surface area (Å²) in [7, 11) is 0. The quantitative estimate of drug-likeness (QED) is 0.488. The first-order chi connectivity index (χ1) is 7.13. The van der Waals surface area contributed by atoms with Crippen molar-refractivity contribution < 1.29 is 14.7 Å². The van der Waals surface area contributed by atoms with Crippen LogP contribution >= 0.6 is 0 Å². The highest BCUT2D eigenvalue weighted by atomic mass is 16.5. The van der Waals surface area contributed by atoms with Crippen LogP contribution in [0.1, 0.15) is 5.56 Å². The fraction of sp³-hybridized carbons (Fsp3) is 0.100. The number of phenols is 1. The molecule has 78 valence electrons. The van der Waals surface area contributed by atoms with Crippen molar-refractivity contribution in [2.45, 2.75) is 6.92 Å². The second-order valence-corrected chi connectivity index (χ2v) is 3.18. The molecule has 2 aromatic rings. The van der Waals surface area contributed by atoms with E-state index in [0.29, 0.717) is 10.9 Å². The van der Waals surface area contributed by atoms with Gasteiger partial charge in [-0.05, 0) is 24.6 Å². The molecule has 0 amide bonds. The van der Waals surface area contributed by atoms with E-state index in [1.807, 2.05) is 0 Å². The standard InChI is InChI=1S/C10H9NO4/c1-5-7-3-2-6(12)4-8(7)15-10(13)9(5)11-14/h2-4,11-12,14H,1H3. The van der Waals surface area contributed by atoms with Gasteiger partial charge in [0.05, 0.1) is 0 Å². The molecule has 1 heterocycles. The summed E-state index contributed by atoms with van der Waals surface area (Å²) < 4.78 is 4.91. The Bertz CT molecular complexity index is 573. The van der Waals surface area contributed by atoms with E-state index in [9.17, 15) is 9.90 Å². The maximum absolute atomic E-state index is 11.3. The first kappa shape index (κ1) is 9.54. The number of aromatic hydroxyl groups is 1. The van der Waals surface area contributed by atoms with E-state index in [1.54, 1.807) is 18.5 Å². The Morgan fingerprint density at radius 1 is 1.40 bits per heavy atom. The Hall–Kier alpha value is -2.01. The summed E-state index contributed by atoms with van der Waals surface area (Å²) in [6.45, 7) is 1.68. The zero-order valence-corrected chi connectivity index (χ0v) is 7.94. The van der Waals surface area contributed by atoms with Gasteiger partial charge in [-0.1, -0.05) is 0 Å². The van der Waals surface area contributed by atoms with Crippen LogP contribution in [0, 0.1) is 6.92 Å². The van der Waals surface area contributed by atoms with Gasteiger partial charge in [-0.3, -0.25) is 10.7 Å². The van der Waals surface area contributed by atoms with Crippen molar-refractivity contribution in [3.63, 3.8) is 0 Å². The van der Waals surface area contributed by atoms with Gasteiger partial charge in [0.15, 0.2) is 0 Å². The SMILES string of the molecule is Cc1c(NO)c(=O)oc2cc(O)ccc12. The Labute approximate surface area is 84.5 Å². The van der Waals surface area contributed by atoms with E-state index < -0.39 is 5.63 Å². The number of hydrogen-bond acceptors (Lipinski definition) is 5. The molecule has 0 saturated carbocycles. The zero-order chi connectivity index (χ0) is 11.0. The van der Waals surface area contributed by atoms with E-state index in [1.165, 1.54) is 12.1 Å². The topological polar surface area (TPSA) is 82.7 Å². The minimum absolute atomic E-state index is 0.00758. The second kappa shape index (κ2) is 3.29. The van der Waals surface area contributed by atoms with Crippen LogP contribution in [0.5, 0.6) is 5.75 Å². The Balaban J connectivity index is 2.91. The van der Waals surface area contributed by atoms with Gasteiger partial charge in [-0.15, -0.1) is 0 Å². The van der Waals surface area contributed by atoms with Crippen LogP contribution in [0.4, 0.5) is 5.69 Å². The van der Waals surface area contributed by atoms with Crippen LogP contribution in [0.25, 0.3) is 11.0 Å². The molecule has 0 bridgehead atoms. The van der Waals surface area contributed by atoms with Gasteiger partial charge in [0.1, 0.15) is 17.0 Å². The van der Waals surface area contributed by atoms with Crippen LogP contribution in [0.2, 0.25) is 0 Å². The summed E-state index contributed by atoms with van der Waals surface area (Å²) in [5.41, 5.74) is 2.00. The first-order valence-corrected chi connectivity index (χ1v) is 4.30. The van der Waals surface area contributed by atoms with Crippen LogP contribution in [-0.4, -0.2) is 10.3 Å². The molecule has 3 N–H and O–H groups in total. The summed E-state index contributed by atoms with van der Waals surface area (Å²) in [5.74, 6) is 0.0229. The molecule has 0 spiro atoms. The number of anilines is 1. The Kier molecular flexibility index (Phi) is 2.09. The van der Waals surface area contributed by atoms with Crippen molar-refractivity contribution in [1.82, 2.24) is 0 Å². The molecule has 2 rings (SSSR count). The van der Waals surface area contributed by atoms with Crippen molar-refractivity contribution in [3.05, 3.63) is 34.2 Å². The molecule has 5 nitrogen and oxygen atoms in total. The largest absolute Gasteiger partial charge is 0.508 e. The highest BCUT2D eigenvalue weighted by molar-refractivity contribution is 5.85. The third-order valence-electron chi connectivity index (χ3n) is 2.26. The molecule has 0 aliphatic carbocycles. The van der Waals surface area contributed by atoms with Crippen LogP contribution in [-0.2, 0) is 0 Å². The molecule has 5 heteroatoms. The van der Waals surface area contributed by atoms with Gasteiger partial charge in [0.2, 0.25) is 0 Å². The number of phenolic OH excluding ortho intramolecular Hbond substituents is 1. The lowest BCUT2D eigenvalue weighted by atomic mass is 10.1. The van der Waals surface area contributed by atoms with Gasteiger partial charge in [0.25, 0.3) is 0 Å². The minimum Gasteiger partial charge on any atom is -0.508 e. The van der Waals surface area contributed by atoms with Crippen LogP contribution in [0.3, 0.4) is 0 Å². The highest BCUT2D eigenvalue weighted by Gasteiger charge is 2.10. The molecular weight excluding hydrogens is 198 g/mol. The van der Waals surface area contributed by atoms with Crippen molar-refractivity contribution in [2.75, 3.05) is 5.48 Å². The third-order valence-corrected chi connectivity index (χ3v) is 2.26. The minimum atomic E-state index is -0.673. The van der Waals surface area contributed by atoms with Crippen molar-refractivity contribution in [2.24, 2.45) is 0 Å². The monoisotopic (exact) mass is 207 g/mol. The normalized spacial score (nSPS) is 10.5. The van der Waals surface area contributed by atoms with Crippen LogP contribution < -0.4 is 11.1 Å². The van der Waals surface area contributed by atoms with E-state index in [0.717, 1.165) is 0 Å². The number of fused-ring (bicyclic) bond motifs is 1. The lowest BCUT2D eigenvalue weighted by Crippen LogP contribution is -2.09. The smallest absolute Gasteiger partial charge is 0.362 e. The lowest BCUT2D eigenvalue weighted by molar-refractivity contribution is 0.383. The molecule has 1 aromatic heterocycles. The van der Waals surface area contributed by atoms with Gasteiger partial charge < -0.3 is 9.52 Å². The molecule has 0 fully saturated rings. The maximum Gasteiger partial charge on any atom is 0.362 e. The Morgan fingerprint density at radius 2 is 2.13 bits per heavy atom. The predicted molar refractivity (Wildman–Crippen MR) is 54.3 cm³/mol. The van der Waals surface area contributed by atoms with Crippen molar-refractivity contribution in [3.8, 4) is 5.75 Å². The van der Waals surface area contributed by atoms with Crippen molar-refractivity contribution >= 4 is 16.7 Å². The number of hydrogen-bond donors (Lipinski definition) is 3. The van der Waals surface area contributed by atoms with Gasteiger partial charge in [0, 0.05) is 11.5 Å². The third kappa shape index (κ3) is 1.42. The summed E-state index contributed by atoms with van der Waals surface area (Å²) in [6, 6.07) is 4.45. The molecular formula is C10H9NO4. The second-order valence-electron chi connectivity index (χ2n) is 3.18. The van der Waals surface area contributed by atoms with Gasteiger partial charge in [-0.2, -0.15) is 0 Å². The summed E-state index contributed by atoms with van der Waals surface area (Å²) >= 11 is 0. The predicted octanol–water partition coefficient (Wildman–Crippen LogP) is 1.61. The summed E-state index contributed by atoms with van der Waals surface area (Å²) in [6.07, 6.45) is 0. The van der Waals surface area contributed by atoms with Crippen LogP contribution in [0.15, 0.2) is 27.4 Å². The molecule has 1 aromatic carbocycles. The zero-order valence-electron chi connectivity index (χ0n) is 7.94. The average molecular weight is 207 g/mol.